The van der Waals surface area contributed by atoms with Crippen LogP contribution in [-0.4, -0.2) is 11.6 Å². The molecular formula is C17H19NO2S. The first-order valence-corrected chi connectivity index (χ1v) is 8.07. The van der Waals surface area contributed by atoms with Gasteiger partial charge in [-0.3, -0.25) is 0 Å². The number of furan rings is 1. The Morgan fingerprint density at radius 1 is 1.29 bits per heavy atom. The Bertz CT molecular complexity index is 693. The van der Waals surface area contributed by atoms with Crippen LogP contribution in [0.4, 0.5) is 0 Å². The van der Waals surface area contributed by atoms with Crippen LogP contribution in [0.25, 0.3) is 11.0 Å². The summed E-state index contributed by atoms with van der Waals surface area (Å²) in [6.45, 7) is 0.750. The summed E-state index contributed by atoms with van der Waals surface area (Å²) in [6.07, 6.45) is 5.48. The van der Waals surface area contributed by atoms with Crippen molar-refractivity contribution in [2.45, 2.75) is 25.7 Å². The molecule has 2 saturated carbocycles. The van der Waals surface area contributed by atoms with E-state index in [2.05, 4.69) is 0 Å². The minimum atomic E-state index is 0.258. The van der Waals surface area contributed by atoms with Gasteiger partial charge >= 0.3 is 0 Å². The molecule has 0 aliphatic heterocycles. The molecule has 110 valence electrons. The average Bonchev–Trinajstić information content (AvgIpc) is 3.18. The second-order valence-electron chi connectivity index (χ2n) is 6.37. The van der Waals surface area contributed by atoms with Crippen molar-refractivity contribution < 1.29 is 9.15 Å². The minimum Gasteiger partial charge on any atom is -0.488 e. The Morgan fingerprint density at radius 2 is 2.14 bits per heavy atom. The molecule has 0 spiro atoms. The fourth-order valence-corrected chi connectivity index (χ4v) is 4.23. The third-order valence-corrected chi connectivity index (χ3v) is 5.29. The van der Waals surface area contributed by atoms with E-state index < -0.39 is 0 Å². The van der Waals surface area contributed by atoms with E-state index in [1.807, 2.05) is 24.3 Å². The molecule has 0 saturated heterocycles. The number of rotatable bonds is 4. The van der Waals surface area contributed by atoms with E-state index in [0.717, 1.165) is 35.2 Å². The lowest BCUT2D eigenvalue weighted by molar-refractivity contribution is 0.195. The molecule has 2 N–H and O–H groups in total. The van der Waals surface area contributed by atoms with E-state index >= 15 is 0 Å². The number of hydrogen-bond donors (Lipinski definition) is 1. The largest absolute Gasteiger partial charge is 0.488 e. The zero-order valence-electron chi connectivity index (χ0n) is 11.9. The normalized spacial score (nSPS) is 27.3. The highest BCUT2D eigenvalue weighted by Gasteiger charge is 2.39. The number of ether oxygens (including phenoxy) is 1. The van der Waals surface area contributed by atoms with Crippen LogP contribution in [0, 0.1) is 17.8 Å². The van der Waals surface area contributed by atoms with Gasteiger partial charge in [0.1, 0.15) is 10.6 Å². The Morgan fingerprint density at radius 3 is 2.86 bits per heavy atom. The first kappa shape index (κ1) is 13.1. The van der Waals surface area contributed by atoms with Crippen LogP contribution in [0.1, 0.15) is 31.4 Å². The Kier molecular flexibility index (Phi) is 3.14. The summed E-state index contributed by atoms with van der Waals surface area (Å²) in [5, 5.41) is 0.962. The molecule has 2 aliphatic rings. The summed E-state index contributed by atoms with van der Waals surface area (Å²) >= 11 is 5.10. The van der Waals surface area contributed by atoms with Gasteiger partial charge in [0, 0.05) is 0 Å². The molecule has 21 heavy (non-hydrogen) atoms. The molecule has 3 unspecified atom stereocenters. The molecule has 2 fully saturated rings. The second kappa shape index (κ2) is 5.02. The molecule has 3 atom stereocenters. The van der Waals surface area contributed by atoms with Gasteiger partial charge in [-0.25, -0.2) is 0 Å². The summed E-state index contributed by atoms with van der Waals surface area (Å²) in [5.74, 6) is 3.69. The van der Waals surface area contributed by atoms with Crippen molar-refractivity contribution in [2.75, 3.05) is 6.61 Å². The summed E-state index contributed by atoms with van der Waals surface area (Å²) in [5.41, 5.74) is 6.56. The van der Waals surface area contributed by atoms with Crippen LogP contribution >= 0.6 is 12.2 Å². The molecule has 2 bridgehead atoms. The van der Waals surface area contributed by atoms with Crippen LogP contribution in [0.2, 0.25) is 0 Å². The van der Waals surface area contributed by atoms with Gasteiger partial charge in [0.25, 0.3) is 0 Å². The van der Waals surface area contributed by atoms with Crippen LogP contribution in [0.15, 0.2) is 28.7 Å². The first-order valence-electron chi connectivity index (χ1n) is 7.66. The quantitative estimate of drug-likeness (QED) is 0.871. The first-order chi connectivity index (χ1) is 10.2. The fourth-order valence-electron chi connectivity index (χ4n) is 4.10. The predicted molar refractivity (Wildman–Crippen MR) is 86.5 cm³/mol. The Hall–Kier alpha value is -1.55. The van der Waals surface area contributed by atoms with Crippen molar-refractivity contribution in [3.63, 3.8) is 0 Å². The molecule has 1 aromatic carbocycles. The molecule has 2 aromatic rings. The third kappa shape index (κ3) is 2.22. The van der Waals surface area contributed by atoms with E-state index in [0.29, 0.717) is 11.7 Å². The molecule has 4 rings (SSSR count). The van der Waals surface area contributed by atoms with E-state index in [-0.39, 0.29) is 4.99 Å². The highest BCUT2D eigenvalue weighted by molar-refractivity contribution is 7.80. The highest BCUT2D eigenvalue weighted by atomic mass is 32.1. The smallest absolute Gasteiger partial charge is 0.204 e. The van der Waals surface area contributed by atoms with E-state index in [4.69, 9.17) is 27.1 Å². The maximum absolute atomic E-state index is 6.13. The minimum absolute atomic E-state index is 0.258. The number of para-hydroxylation sites is 1. The van der Waals surface area contributed by atoms with Crippen molar-refractivity contribution in [1.82, 2.24) is 0 Å². The van der Waals surface area contributed by atoms with E-state index in [1.165, 1.54) is 25.7 Å². The summed E-state index contributed by atoms with van der Waals surface area (Å²) < 4.78 is 11.9. The van der Waals surface area contributed by atoms with Crippen molar-refractivity contribution in [3.05, 3.63) is 30.0 Å². The molecule has 4 heteroatoms. The summed E-state index contributed by atoms with van der Waals surface area (Å²) in [4.78, 5) is 0.258. The molecule has 2 aliphatic carbocycles. The van der Waals surface area contributed by atoms with Gasteiger partial charge in [-0.1, -0.05) is 30.8 Å². The van der Waals surface area contributed by atoms with Gasteiger partial charge in [0.05, 0.1) is 12.0 Å². The molecule has 0 radical (unpaired) electrons. The second-order valence-corrected chi connectivity index (χ2v) is 6.81. The van der Waals surface area contributed by atoms with Crippen LogP contribution < -0.4 is 10.5 Å². The maximum Gasteiger partial charge on any atom is 0.204 e. The monoisotopic (exact) mass is 301 g/mol. The average molecular weight is 301 g/mol. The Labute approximate surface area is 129 Å². The molecule has 1 aromatic heterocycles. The number of nitrogens with two attached hydrogens (primary N) is 1. The van der Waals surface area contributed by atoms with Gasteiger partial charge in [0.2, 0.25) is 5.76 Å². The van der Waals surface area contributed by atoms with Gasteiger partial charge < -0.3 is 14.9 Å². The zero-order chi connectivity index (χ0) is 14.4. The van der Waals surface area contributed by atoms with Crippen molar-refractivity contribution >= 4 is 28.2 Å². The number of benzene rings is 1. The zero-order valence-corrected chi connectivity index (χ0v) is 12.7. The SMILES string of the molecule is NC(=S)c1oc2ccccc2c1OCC1CC2CCC1C2. The lowest BCUT2D eigenvalue weighted by Gasteiger charge is -2.21. The van der Waals surface area contributed by atoms with Gasteiger partial charge in [-0.2, -0.15) is 0 Å². The van der Waals surface area contributed by atoms with Crippen LogP contribution in [0.3, 0.4) is 0 Å². The summed E-state index contributed by atoms with van der Waals surface area (Å²) in [7, 11) is 0. The molecule has 0 amide bonds. The number of hydrogen-bond acceptors (Lipinski definition) is 3. The predicted octanol–water partition coefficient (Wildman–Crippen LogP) is 3.88. The maximum atomic E-state index is 6.13. The van der Waals surface area contributed by atoms with Crippen LogP contribution in [0.5, 0.6) is 5.75 Å². The topological polar surface area (TPSA) is 48.4 Å². The Balaban J connectivity index is 1.60. The lowest BCUT2D eigenvalue weighted by atomic mass is 9.89. The summed E-state index contributed by atoms with van der Waals surface area (Å²) in [6, 6.07) is 7.83. The van der Waals surface area contributed by atoms with Gasteiger partial charge in [0.15, 0.2) is 5.75 Å². The molecule has 3 nitrogen and oxygen atoms in total. The molecule has 1 heterocycles. The van der Waals surface area contributed by atoms with E-state index in [1.54, 1.807) is 0 Å². The van der Waals surface area contributed by atoms with Gasteiger partial charge in [-0.15, -0.1) is 0 Å². The van der Waals surface area contributed by atoms with Gasteiger partial charge in [-0.05, 0) is 49.1 Å². The van der Waals surface area contributed by atoms with Crippen LogP contribution in [-0.2, 0) is 0 Å². The third-order valence-electron chi connectivity index (χ3n) is 5.10. The number of thiocarbonyl (C=S) groups is 1. The van der Waals surface area contributed by atoms with Crippen molar-refractivity contribution in [1.29, 1.82) is 0 Å². The molecular weight excluding hydrogens is 282 g/mol. The highest BCUT2D eigenvalue weighted by Crippen LogP contribution is 2.48. The lowest BCUT2D eigenvalue weighted by Crippen LogP contribution is -2.19. The van der Waals surface area contributed by atoms with Crippen molar-refractivity contribution in [3.8, 4) is 5.75 Å². The number of fused-ring (bicyclic) bond motifs is 3. The van der Waals surface area contributed by atoms with Crippen molar-refractivity contribution in [2.24, 2.45) is 23.5 Å². The fraction of sp³-hybridized carbons (Fsp3) is 0.471. The van der Waals surface area contributed by atoms with E-state index in [9.17, 15) is 0 Å². The standard InChI is InChI=1S/C17H19NO2S/c18-17(21)16-15(13-3-1-2-4-14(13)20-16)19-9-12-8-10-5-6-11(12)7-10/h1-4,10-12H,5-9H2,(H2,18,21).